The van der Waals surface area contributed by atoms with Crippen molar-refractivity contribution in [3.63, 3.8) is 0 Å². The van der Waals surface area contributed by atoms with E-state index in [4.69, 9.17) is 9.84 Å². The van der Waals surface area contributed by atoms with Crippen LogP contribution in [0.3, 0.4) is 0 Å². The fraction of sp³-hybridized carbons (Fsp3) is 0.263. The molecule has 2 rings (SSSR count). The average molecular weight is 326 g/mol. The van der Waals surface area contributed by atoms with Crippen LogP contribution >= 0.6 is 0 Å². The molecular formula is C19H22N2O3. The first-order chi connectivity index (χ1) is 11.7. The molecule has 126 valence electrons. The van der Waals surface area contributed by atoms with Gasteiger partial charge in [0.1, 0.15) is 5.75 Å². The summed E-state index contributed by atoms with van der Waals surface area (Å²) in [6.07, 6.45) is 5.11. The lowest BCUT2D eigenvalue weighted by atomic mass is 10.2. The number of hydrogen-bond acceptors (Lipinski definition) is 4. The van der Waals surface area contributed by atoms with Gasteiger partial charge in [0.25, 0.3) is 0 Å². The highest BCUT2D eigenvalue weighted by molar-refractivity contribution is 5.88. The van der Waals surface area contributed by atoms with Crippen LogP contribution in [0.25, 0.3) is 0 Å². The zero-order chi connectivity index (χ0) is 17.2. The quantitative estimate of drug-likeness (QED) is 0.407. The van der Waals surface area contributed by atoms with Crippen molar-refractivity contribution in [3.05, 3.63) is 59.7 Å². The number of aromatic carboxylic acids is 1. The topological polar surface area (TPSA) is 70.9 Å². The molecule has 2 N–H and O–H groups in total. The van der Waals surface area contributed by atoms with Crippen LogP contribution in [0.5, 0.6) is 5.75 Å². The van der Waals surface area contributed by atoms with Crippen LogP contribution in [0.2, 0.25) is 0 Å². The Labute approximate surface area is 142 Å². The van der Waals surface area contributed by atoms with Gasteiger partial charge in [0.05, 0.1) is 24.1 Å². The van der Waals surface area contributed by atoms with Crippen molar-refractivity contribution in [1.82, 2.24) is 0 Å². The number of carbonyl (C=O) groups is 1. The molecule has 0 saturated heterocycles. The standard InChI is InChI=1S/C19H22N2O3/c1-2-3-4-12-24-18-10-8-15(9-11-18)14-20-21-17-7-5-6-16(13-17)19(22)23/h5-11,13-14,21H,2-4,12H2,1H3,(H,22,23). The van der Waals surface area contributed by atoms with E-state index in [1.165, 1.54) is 25.0 Å². The highest BCUT2D eigenvalue weighted by Crippen LogP contribution is 2.13. The molecule has 5 nitrogen and oxygen atoms in total. The van der Waals surface area contributed by atoms with Crippen LogP contribution in [0.15, 0.2) is 53.6 Å². The monoisotopic (exact) mass is 326 g/mol. The zero-order valence-electron chi connectivity index (χ0n) is 13.7. The van der Waals surface area contributed by atoms with Crippen molar-refractivity contribution in [2.75, 3.05) is 12.0 Å². The second kappa shape index (κ2) is 9.35. The van der Waals surface area contributed by atoms with E-state index in [2.05, 4.69) is 17.5 Å². The van der Waals surface area contributed by atoms with Crippen molar-refractivity contribution in [3.8, 4) is 5.75 Å². The number of ether oxygens (including phenoxy) is 1. The van der Waals surface area contributed by atoms with E-state index in [1.54, 1.807) is 18.3 Å². The number of hydrogen-bond donors (Lipinski definition) is 2. The Kier molecular flexibility index (Phi) is 6.83. The summed E-state index contributed by atoms with van der Waals surface area (Å²) in [4.78, 5) is 10.9. The number of nitrogens with zero attached hydrogens (tertiary/aromatic N) is 1. The molecule has 0 saturated carbocycles. The molecule has 24 heavy (non-hydrogen) atoms. The van der Waals surface area contributed by atoms with E-state index in [0.717, 1.165) is 24.3 Å². The molecule has 5 heteroatoms. The van der Waals surface area contributed by atoms with Crippen LogP contribution in [0.1, 0.15) is 42.1 Å². The van der Waals surface area contributed by atoms with Gasteiger partial charge in [0, 0.05) is 0 Å². The number of hydrazone groups is 1. The molecule has 0 spiro atoms. The molecule has 0 fully saturated rings. The van der Waals surface area contributed by atoms with E-state index in [1.807, 2.05) is 24.3 Å². The van der Waals surface area contributed by atoms with Crippen LogP contribution in [0, 0.1) is 0 Å². The SMILES string of the molecule is CCCCCOc1ccc(C=NNc2cccc(C(=O)O)c2)cc1. The molecule has 0 amide bonds. The fourth-order valence-electron chi connectivity index (χ4n) is 2.10. The molecule has 0 aliphatic carbocycles. The molecule has 0 aromatic heterocycles. The van der Waals surface area contributed by atoms with Crippen molar-refractivity contribution in [2.45, 2.75) is 26.2 Å². The van der Waals surface area contributed by atoms with Gasteiger partial charge in [-0.05, 0) is 54.4 Å². The predicted molar refractivity (Wildman–Crippen MR) is 96.1 cm³/mol. The van der Waals surface area contributed by atoms with Crippen LogP contribution in [0.4, 0.5) is 5.69 Å². The number of nitrogens with one attached hydrogen (secondary N) is 1. The van der Waals surface area contributed by atoms with Crippen LogP contribution < -0.4 is 10.2 Å². The maximum absolute atomic E-state index is 10.9. The van der Waals surface area contributed by atoms with E-state index >= 15 is 0 Å². The zero-order valence-corrected chi connectivity index (χ0v) is 13.7. The smallest absolute Gasteiger partial charge is 0.335 e. The van der Waals surface area contributed by atoms with Crippen LogP contribution in [-0.2, 0) is 0 Å². The molecule has 0 aliphatic rings. The number of benzene rings is 2. The van der Waals surface area contributed by atoms with Gasteiger partial charge in [-0.1, -0.05) is 25.8 Å². The number of unbranched alkanes of at least 4 members (excludes halogenated alkanes) is 2. The second-order valence-corrected chi connectivity index (χ2v) is 5.38. The van der Waals surface area contributed by atoms with Crippen LogP contribution in [-0.4, -0.2) is 23.9 Å². The number of carboxylic acid groups (broad SMARTS) is 1. The third kappa shape index (κ3) is 5.76. The minimum atomic E-state index is -0.961. The first-order valence-electron chi connectivity index (χ1n) is 8.04. The highest BCUT2D eigenvalue weighted by atomic mass is 16.5. The van der Waals surface area contributed by atoms with Gasteiger partial charge < -0.3 is 9.84 Å². The maximum Gasteiger partial charge on any atom is 0.335 e. The lowest BCUT2D eigenvalue weighted by Crippen LogP contribution is -1.98. The summed E-state index contributed by atoms with van der Waals surface area (Å²) in [5.74, 6) is -0.109. The largest absolute Gasteiger partial charge is 0.494 e. The first-order valence-corrected chi connectivity index (χ1v) is 8.04. The summed E-state index contributed by atoms with van der Waals surface area (Å²) in [6.45, 7) is 2.91. The minimum Gasteiger partial charge on any atom is -0.494 e. The molecule has 0 radical (unpaired) electrons. The molecule has 0 unspecified atom stereocenters. The molecule has 2 aromatic rings. The van der Waals surface area contributed by atoms with Gasteiger partial charge in [-0.15, -0.1) is 0 Å². The Hall–Kier alpha value is -2.82. The molecule has 0 bridgehead atoms. The number of carboxylic acids is 1. The number of rotatable bonds is 9. The Balaban J connectivity index is 1.85. The molecule has 2 aromatic carbocycles. The summed E-state index contributed by atoms with van der Waals surface area (Å²) in [7, 11) is 0. The van der Waals surface area contributed by atoms with Gasteiger partial charge in [-0.2, -0.15) is 5.10 Å². The second-order valence-electron chi connectivity index (χ2n) is 5.38. The van der Waals surface area contributed by atoms with Gasteiger partial charge >= 0.3 is 5.97 Å². The van der Waals surface area contributed by atoms with E-state index in [-0.39, 0.29) is 5.56 Å². The van der Waals surface area contributed by atoms with E-state index in [0.29, 0.717) is 5.69 Å². The van der Waals surface area contributed by atoms with Crippen molar-refractivity contribution < 1.29 is 14.6 Å². The molecule has 0 atom stereocenters. The Morgan fingerprint density at radius 3 is 2.71 bits per heavy atom. The Bertz CT molecular complexity index is 681. The summed E-state index contributed by atoms with van der Waals surface area (Å²) in [5.41, 5.74) is 4.60. The average Bonchev–Trinajstić information content (AvgIpc) is 2.60. The lowest BCUT2D eigenvalue weighted by Gasteiger charge is -2.05. The summed E-state index contributed by atoms with van der Waals surface area (Å²) < 4.78 is 5.66. The Morgan fingerprint density at radius 2 is 2.00 bits per heavy atom. The summed E-state index contributed by atoms with van der Waals surface area (Å²) >= 11 is 0. The van der Waals surface area contributed by atoms with Gasteiger partial charge in [-0.3, -0.25) is 5.43 Å². The Morgan fingerprint density at radius 1 is 1.21 bits per heavy atom. The molecule has 0 heterocycles. The minimum absolute atomic E-state index is 0.222. The van der Waals surface area contributed by atoms with Gasteiger partial charge in [0.15, 0.2) is 0 Å². The lowest BCUT2D eigenvalue weighted by molar-refractivity contribution is 0.0697. The summed E-state index contributed by atoms with van der Waals surface area (Å²) in [5, 5.41) is 13.1. The highest BCUT2D eigenvalue weighted by Gasteiger charge is 2.02. The van der Waals surface area contributed by atoms with Crippen molar-refractivity contribution in [1.29, 1.82) is 0 Å². The molecular weight excluding hydrogens is 304 g/mol. The fourth-order valence-corrected chi connectivity index (χ4v) is 2.10. The number of anilines is 1. The third-order valence-corrected chi connectivity index (χ3v) is 3.41. The normalized spacial score (nSPS) is 10.7. The third-order valence-electron chi connectivity index (χ3n) is 3.41. The first kappa shape index (κ1) is 17.5. The van der Waals surface area contributed by atoms with Gasteiger partial charge in [0.2, 0.25) is 0 Å². The van der Waals surface area contributed by atoms with Crippen molar-refractivity contribution >= 4 is 17.9 Å². The maximum atomic E-state index is 10.9. The summed E-state index contributed by atoms with van der Waals surface area (Å²) in [6, 6.07) is 14.2. The molecule has 0 aliphatic heterocycles. The predicted octanol–water partition coefficient (Wildman–Crippen LogP) is 4.40. The van der Waals surface area contributed by atoms with E-state index in [9.17, 15) is 4.79 Å². The van der Waals surface area contributed by atoms with E-state index < -0.39 is 5.97 Å². The van der Waals surface area contributed by atoms with Crippen molar-refractivity contribution in [2.24, 2.45) is 5.10 Å². The van der Waals surface area contributed by atoms with Gasteiger partial charge in [-0.25, -0.2) is 4.79 Å².